The molecular formula is C28H27N5O2S. The van der Waals surface area contributed by atoms with Crippen molar-refractivity contribution >= 4 is 23.3 Å². The van der Waals surface area contributed by atoms with Gasteiger partial charge in [-0.05, 0) is 91.8 Å². The maximum atomic E-state index is 11.9. The fraction of sp³-hybridized carbons (Fsp3) is 0.214. The first-order valence-corrected chi connectivity index (χ1v) is 12.1. The van der Waals surface area contributed by atoms with E-state index in [0.29, 0.717) is 17.2 Å². The second-order valence-electron chi connectivity index (χ2n) is 8.81. The Morgan fingerprint density at radius 1 is 1.06 bits per heavy atom. The molecule has 182 valence electrons. The Kier molecular flexibility index (Phi) is 6.52. The number of methoxy groups -OCH3 is 1. The Morgan fingerprint density at radius 2 is 1.81 bits per heavy atom. The lowest BCUT2D eigenvalue weighted by atomic mass is 9.96. The second-order valence-corrected chi connectivity index (χ2v) is 9.20. The van der Waals surface area contributed by atoms with Crippen molar-refractivity contribution < 1.29 is 9.53 Å². The minimum atomic E-state index is -0.348. The number of carbonyl (C=O) groups excluding carboxylic acids is 1. The fourth-order valence-electron chi connectivity index (χ4n) is 4.95. The van der Waals surface area contributed by atoms with E-state index >= 15 is 0 Å². The smallest absolute Gasteiger partial charge is 0.337 e. The number of esters is 1. The summed E-state index contributed by atoms with van der Waals surface area (Å²) < 4.78 is 7.05. The molecular weight excluding hydrogens is 470 g/mol. The lowest BCUT2D eigenvalue weighted by Gasteiger charge is -2.28. The van der Waals surface area contributed by atoms with E-state index in [-0.39, 0.29) is 18.1 Å². The molecule has 1 aromatic carbocycles. The Morgan fingerprint density at radius 3 is 2.47 bits per heavy atom. The Bertz CT molecular complexity index is 1390. The van der Waals surface area contributed by atoms with Crippen molar-refractivity contribution in [1.82, 2.24) is 24.8 Å². The number of aryl methyl sites for hydroxylation is 1. The van der Waals surface area contributed by atoms with Crippen molar-refractivity contribution in [3.05, 3.63) is 113 Å². The zero-order valence-electron chi connectivity index (χ0n) is 20.4. The molecule has 0 amide bonds. The number of hydrogen-bond donors (Lipinski definition) is 1. The van der Waals surface area contributed by atoms with Crippen molar-refractivity contribution in [2.75, 3.05) is 7.11 Å². The van der Waals surface area contributed by atoms with Gasteiger partial charge in [0.05, 0.1) is 30.5 Å². The quantitative estimate of drug-likeness (QED) is 0.302. The summed E-state index contributed by atoms with van der Waals surface area (Å²) in [5.74, 6) is -0.348. The number of aromatic nitrogens is 3. The average Bonchev–Trinajstić information content (AvgIpc) is 3.39. The van der Waals surface area contributed by atoms with Gasteiger partial charge in [-0.1, -0.05) is 6.07 Å². The number of carbonyl (C=O) groups is 1. The van der Waals surface area contributed by atoms with Crippen molar-refractivity contribution in [3.63, 3.8) is 0 Å². The summed E-state index contributed by atoms with van der Waals surface area (Å²) in [4.78, 5) is 22.9. The predicted molar refractivity (Wildman–Crippen MR) is 142 cm³/mol. The van der Waals surface area contributed by atoms with E-state index in [1.165, 1.54) is 12.7 Å². The molecule has 0 saturated carbocycles. The standard InChI is InChI=1S/C28H27N5O2S/c1-18-16-23(19(2)33(18)22-9-7-21(8-10-22)27(34)35-3)26-25(24-6-4-5-13-30-24)31-28(36)32(26)17-20-11-14-29-15-12-20/h4-16,25-26H,17H2,1-3H3,(H,31,36)/t25-,26+/m0/s1. The van der Waals surface area contributed by atoms with Gasteiger partial charge in [0.1, 0.15) is 0 Å². The number of benzene rings is 1. The molecule has 0 aliphatic carbocycles. The molecule has 0 spiro atoms. The van der Waals surface area contributed by atoms with Crippen LogP contribution in [0.5, 0.6) is 0 Å². The molecule has 2 atom stereocenters. The Hall–Kier alpha value is -4.04. The second kappa shape index (κ2) is 9.91. The summed E-state index contributed by atoms with van der Waals surface area (Å²) in [7, 11) is 1.39. The van der Waals surface area contributed by atoms with E-state index in [1.807, 2.05) is 48.7 Å². The third kappa shape index (κ3) is 4.35. The van der Waals surface area contributed by atoms with Gasteiger partial charge in [0, 0.05) is 42.2 Å². The molecule has 0 bridgehead atoms. The van der Waals surface area contributed by atoms with Crippen molar-refractivity contribution in [3.8, 4) is 5.69 Å². The third-order valence-corrected chi connectivity index (χ3v) is 6.99. The molecule has 8 heteroatoms. The molecule has 5 rings (SSSR count). The molecule has 3 aromatic heterocycles. The summed E-state index contributed by atoms with van der Waals surface area (Å²) in [5.41, 5.74) is 6.94. The van der Waals surface area contributed by atoms with E-state index in [9.17, 15) is 4.79 Å². The first-order chi connectivity index (χ1) is 17.5. The van der Waals surface area contributed by atoms with Gasteiger partial charge in [0.15, 0.2) is 5.11 Å². The van der Waals surface area contributed by atoms with E-state index in [0.717, 1.165) is 28.3 Å². The molecule has 1 N–H and O–H groups in total. The highest BCUT2D eigenvalue weighted by molar-refractivity contribution is 7.80. The summed E-state index contributed by atoms with van der Waals surface area (Å²) in [6.45, 7) is 4.87. The van der Waals surface area contributed by atoms with Gasteiger partial charge in [-0.3, -0.25) is 9.97 Å². The van der Waals surface area contributed by atoms with Crippen LogP contribution in [0.3, 0.4) is 0 Å². The van der Waals surface area contributed by atoms with Crippen LogP contribution < -0.4 is 5.32 Å². The fourth-order valence-corrected chi connectivity index (χ4v) is 5.25. The van der Waals surface area contributed by atoms with Gasteiger partial charge < -0.3 is 19.5 Å². The van der Waals surface area contributed by atoms with Crippen LogP contribution in [0.4, 0.5) is 0 Å². The number of pyridine rings is 2. The van der Waals surface area contributed by atoms with Crippen LogP contribution in [-0.4, -0.2) is 37.6 Å². The summed E-state index contributed by atoms with van der Waals surface area (Å²) in [5, 5.41) is 4.22. The van der Waals surface area contributed by atoms with Crippen LogP contribution in [0.1, 0.15) is 50.7 Å². The number of thiocarbonyl (C=S) groups is 1. The van der Waals surface area contributed by atoms with Gasteiger partial charge in [0.25, 0.3) is 0 Å². The van der Waals surface area contributed by atoms with Crippen molar-refractivity contribution in [2.24, 2.45) is 0 Å². The molecule has 1 aliphatic heterocycles. The minimum absolute atomic E-state index is 0.0603. The first kappa shape index (κ1) is 23.7. The largest absolute Gasteiger partial charge is 0.465 e. The molecule has 4 aromatic rings. The highest BCUT2D eigenvalue weighted by Crippen LogP contribution is 2.42. The summed E-state index contributed by atoms with van der Waals surface area (Å²) in [6.07, 6.45) is 5.42. The normalized spacial score (nSPS) is 17.2. The van der Waals surface area contributed by atoms with Gasteiger partial charge in [-0.15, -0.1) is 0 Å². The summed E-state index contributed by atoms with van der Waals surface area (Å²) in [6, 6.07) is 19.5. The molecule has 4 heterocycles. The number of rotatable bonds is 6. The molecule has 7 nitrogen and oxygen atoms in total. The first-order valence-electron chi connectivity index (χ1n) is 11.7. The Labute approximate surface area is 215 Å². The number of hydrogen-bond acceptors (Lipinski definition) is 5. The predicted octanol–water partition coefficient (Wildman–Crippen LogP) is 4.84. The topological polar surface area (TPSA) is 72.3 Å². The molecule has 1 saturated heterocycles. The molecule has 1 aliphatic rings. The highest BCUT2D eigenvalue weighted by atomic mass is 32.1. The molecule has 1 fully saturated rings. The third-order valence-electron chi connectivity index (χ3n) is 6.64. The van der Waals surface area contributed by atoms with E-state index in [2.05, 4.69) is 44.7 Å². The average molecular weight is 498 g/mol. The van der Waals surface area contributed by atoms with Crippen LogP contribution in [0.15, 0.2) is 79.3 Å². The van der Waals surface area contributed by atoms with Crippen LogP contribution in [-0.2, 0) is 11.3 Å². The van der Waals surface area contributed by atoms with Crippen LogP contribution >= 0.6 is 12.2 Å². The van der Waals surface area contributed by atoms with Crippen molar-refractivity contribution in [1.29, 1.82) is 0 Å². The Balaban J connectivity index is 1.58. The van der Waals surface area contributed by atoms with Crippen LogP contribution in [0.2, 0.25) is 0 Å². The zero-order chi connectivity index (χ0) is 25.2. The number of ether oxygens (including phenoxy) is 1. The maximum Gasteiger partial charge on any atom is 0.337 e. The van der Waals surface area contributed by atoms with Crippen LogP contribution in [0, 0.1) is 13.8 Å². The lowest BCUT2D eigenvalue weighted by Crippen LogP contribution is -2.29. The number of nitrogens with zero attached hydrogens (tertiary/aromatic N) is 4. The zero-order valence-corrected chi connectivity index (χ0v) is 21.2. The SMILES string of the molecule is COC(=O)c1ccc(-n2c(C)cc([C@@H]3[C@H](c4ccccn4)NC(=S)N3Cc3ccncc3)c2C)cc1. The van der Waals surface area contributed by atoms with E-state index in [1.54, 1.807) is 24.5 Å². The van der Waals surface area contributed by atoms with Crippen LogP contribution in [0.25, 0.3) is 5.69 Å². The molecule has 0 radical (unpaired) electrons. The molecule has 36 heavy (non-hydrogen) atoms. The monoisotopic (exact) mass is 497 g/mol. The van der Waals surface area contributed by atoms with Gasteiger partial charge in [0.2, 0.25) is 0 Å². The minimum Gasteiger partial charge on any atom is -0.465 e. The number of nitrogens with one attached hydrogen (secondary N) is 1. The molecule has 0 unspecified atom stereocenters. The summed E-state index contributed by atoms with van der Waals surface area (Å²) >= 11 is 5.84. The lowest BCUT2D eigenvalue weighted by molar-refractivity contribution is 0.0600. The van der Waals surface area contributed by atoms with Gasteiger partial charge >= 0.3 is 5.97 Å². The maximum absolute atomic E-state index is 11.9. The van der Waals surface area contributed by atoms with Crippen molar-refractivity contribution in [2.45, 2.75) is 32.5 Å². The van der Waals surface area contributed by atoms with E-state index < -0.39 is 0 Å². The van der Waals surface area contributed by atoms with Gasteiger partial charge in [-0.25, -0.2) is 4.79 Å². The van der Waals surface area contributed by atoms with Gasteiger partial charge in [-0.2, -0.15) is 0 Å². The van der Waals surface area contributed by atoms with E-state index in [4.69, 9.17) is 17.0 Å². The highest BCUT2D eigenvalue weighted by Gasteiger charge is 2.41.